The van der Waals surface area contributed by atoms with E-state index in [1.54, 1.807) is 13.8 Å². The number of sulfonamides is 1. The lowest BCUT2D eigenvalue weighted by Crippen LogP contribution is -2.44. The Hall–Kier alpha value is -0.920. The molecule has 1 aliphatic rings. The van der Waals surface area contributed by atoms with Crippen molar-refractivity contribution in [2.45, 2.75) is 50.1 Å². The quantitative estimate of drug-likeness (QED) is 0.821. The van der Waals surface area contributed by atoms with Crippen molar-refractivity contribution >= 4 is 10.0 Å². The fourth-order valence-electron chi connectivity index (χ4n) is 2.25. The van der Waals surface area contributed by atoms with Gasteiger partial charge in [-0.1, -0.05) is 11.6 Å². The van der Waals surface area contributed by atoms with Gasteiger partial charge in [0.1, 0.15) is 10.6 Å². The highest BCUT2D eigenvalue weighted by Crippen LogP contribution is 2.23. The van der Waals surface area contributed by atoms with Crippen LogP contribution in [0, 0.1) is 13.8 Å². The Morgan fingerprint density at radius 3 is 2.59 bits per heavy atom. The largest absolute Gasteiger partial charge is 0.360 e. The van der Waals surface area contributed by atoms with Gasteiger partial charge in [0.2, 0.25) is 10.0 Å². The summed E-state index contributed by atoms with van der Waals surface area (Å²) in [7, 11) is -3.58. The van der Waals surface area contributed by atoms with Gasteiger partial charge in [0.15, 0.2) is 5.76 Å². The molecule has 1 fully saturated rings. The Morgan fingerprint density at radius 2 is 2.12 bits per heavy atom. The number of hydrogen-bond donors (Lipinski definition) is 2. The van der Waals surface area contributed by atoms with Gasteiger partial charge >= 0.3 is 0 Å². The molecule has 17 heavy (non-hydrogen) atoms. The van der Waals surface area contributed by atoms with E-state index in [4.69, 9.17) is 10.3 Å². The standard InChI is InChI=1S/C10H17N3O3S/c1-6-10(7(2)16-12-6)17(14,15)13-9-5-3-4-8(9)11/h8-9,13H,3-5,11H2,1-2H3. The average Bonchev–Trinajstić information content (AvgIpc) is 2.74. The van der Waals surface area contributed by atoms with E-state index in [1.165, 1.54) is 0 Å². The maximum Gasteiger partial charge on any atom is 0.246 e. The average molecular weight is 259 g/mol. The van der Waals surface area contributed by atoms with Gasteiger partial charge in [0.05, 0.1) is 0 Å². The van der Waals surface area contributed by atoms with Gasteiger partial charge in [-0.05, 0) is 26.7 Å². The third kappa shape index (κ3) is 2.36. The summed E-state index contributed by atoms with van der Waals surface area (Å²) in [5, 5.41) is 3.65. The number of nitrogens with one attached hydrogen (secondary N) is 1. The third-order valence-corrected chi connectivity index (χ3v) is 4.85. The van der Waals surface area contributed by atoms with Crippen LogP contribution in [0.4, 0.5) is 0 Å². The van der Waals surface area contributed by atoms with Crippen LogP contribution in [-0.4, -0.2) is 25.7 Å². The molecule has 1 aromatic rings. The van der Waals surface area contributed by atoms with Crippen LogP contribution in [0.5, 0.6) is 0 Å². The second kappa shape index (κ2) is 4.40. The van der Waals surface area contributed by atoms with Crippen LogP contribution in [0.25, 0.3) is 0 Å². The summed E-state index contributed by atoms with van der Waals surface area (Å²) in [5.74, 6) is 0.307. The predicted molar refractivity (Wildman–Crippen MR) is 61.9 cm³/mol. The zero-order valence-corrected chi connectivity index (χ0v) is 10.8. The van der Waals surface area contributed by atoms with Crippen molar-refractivity contribution in [1.82, 2.24) is 9.88 Å². The van der Waals surface area contributed by atoms with E-state index in [0.29, 0.717) is 11.5 Å². The first kappa shape index (κ1) is 12.5. The molecule has 0 amide bonds. The molecule has 0 bridgehead atoms. The van der Waals surface area contributed by atoms with E-state index in [9.17, 15) is 8.42 Å². The SMILES string of the molecule is Cc1noc(C)c1S(=O)(=O)NC1CCCC1N. The van der Waals surface area contributed by atoms with Crippen molar-refractivity contribution in [1.29, 1.82) is 0 Å². The second-order valence-corrected chi connectivity index (χ2v) is 6.13. The highest BCUT2D eigenvalue weighted by Gasteiger charge is 2.31. The maximum absolute atomic E-state index is 12.2. The van der Waals surface area contributed by atoms with Crippen molar-refractivity contribution in [2.24, 2.45) is 5.73 Å². The summed E-state index contributed by atoms with van der Waals surface area (Å²) < 4.78 is 31.8. The van der Waals surface area contributed by atoms with Crippen LogP contribution in [0.2, 0.25) is 0 Å². The third-order valence-electron chi connectivity index (χ3n) is 3.11. The normalized spacial score (nSPS) is 25.4. The van der Waals surface area contributed by atoms with E-state index in [2.05, 4.69) is 9.88 Å². The Bertz CT molecular complexity index is 489. The first-order valence-corrected chi connectivity index (χ1v) is 7.11. The molecule has 2 unspecified atom stereocenters. The minimum absolute atomic E-state index is 0.106. The number of nitrogens with two attached hydrogens (primary N) is 1. The van der Waals surface area contributed by atoms with Crippen LogP contribution < -0.4 is 10.5 Å². The summed E-state index contributed by atoms with van der Waals surface area (Å²) in [6, 6.07) is -0.293. The summed E-state index contributed by atoms with van der Waals surface area (Å²) >= 11 is 0. The summed E-state index contributed by atoms with van der Waals surface area (Å²) in [6.45, 7) is 3.20. The van der Waals surface area contributed by atoms with Gasteiger partial charge in [-0.3, -0.25) is 0 Å². The topological polar surface area (TPSA) is 98.2 Å². The Morgan fingerprint density at radius 1 is 1.41 bits per heavy atom. The van der Waals surface area contributed by atoms with E-state index in [0.717, 1.165) is 19.3 Å². The van der Waals surface area contributed by atoms with Crippen LogP contribution in [0.3, 0.4) is 0 Å². The number of aryl methyl sites for hydroxylation is 2. The van der Waals surface area contributed by atoms with Crippen molar-refractivity contribution < 1.29 is 12.9 Å². The van der Waals surface area contributed by atoms with Gasteiger partial charge in [0, 0.05) is 12.1 Å². The molecule has 1 heterocycles. The molecule has 0 saturated heterocycles. The minimum atomic E-state index is -3.58. The number of nitrogens with zero attached hydrogens (tertiary/aromatic N) is 1. The van der Waals surface area contributed by atoms with E-state index in [-0.39, 0.29) is 17.0 Å². The van der Waals surface area contributed by atoms with Crippen LogP contribution in [0.1, 0.15) is 30.7 Å². The summed E-state index contributed by atoms with van der Waals surface area (Å²) in [6.07, 6.45) is 2.59. The minimum Gasteiger partial charge on any atom is -0.360 e. The molecule has 96 valence electrons. The molecule has 3 N–H and O–H groups in total. The smallest absolute Gasteiger partial charge is 0.246 e. The maximum atomic E-state index is 12.2. The van der Waals surface area contributed by atoms with Crippen molar-refractivity contribution in [3.63, 3.8) is 0 Å². The molecule has 1 aromatic heterocycles. The fourth-order valence-corrected chi connectivity index (χ4v) is 3.90. The van der Waals surface area contributed by atoms with Crippen LogP contribution >= 0.6 is 0 Å². The first-order chi connectivity index (χ1) is 7.92. The molecule has 7 heteroatoms. The van der Waals surface area contributed by atoms with E-state index < -0.39 is 10.0 Å². The Kier molecular flexibility index (Phi) is 3.24. The first-order valence-electron chi connectivity index (χ1n) is 5.62. The van der Waals surface area contributed by atoms with Gasteiger partial charge in [-0.15, -0.1) is 0 Å². The van der Waals surface area contributed by atoms with Crippen molar-refractivity contribution in [2.75, 3.05) is 0 Å². The van der Waals surface area contributed by atoms with E-state index in [1.807, 2.05) is 0 Å². The van der Waals surface area contributed by atoms with Gasteiger partial charge in [-0.25, -0.2) is 13.1 Å². The zero-order valence-electron chi connectivity index (χ0n) is 9.93. The predicted octanol–water partition coefficient (Wildman–Crippen LogP) is 0.450. The Balaban J connectivity index is 2.25. The molecular weight excluding hydrogens is 242 g/mol. The molecule has 1 aliphatic carbocycles. The van der Waals surface area contributed by atoms with Crippen molar-refractivity contribution in [3.05, 3.63) is 11.5 Å². The molecule has 6 nitrogen and oxygen atoms in total. The fraction of sp³-hybridized carbons (Fsp3) is 0.700. The zero-order chi connectivity index (χ0) is 12.6. The lowest BCUT2D eigenvalue weighted by Gasteiger charge is -2.16. The van der Waals surface area contributed by atoms with Crippen LogP contribution in [0.15, 0.2) is 9.42 Å². The summed E-state index contributed by atoms with van der Waals surface area (Å²) in [4.78, 5) is 0.136. The highest BCUT2D eigenvalue weighted by atomic mass is 32.2. The molecule has 1 saturated carbocycles. The molecule has 2 atom stereocenters. The summed E-state index contributed by atoms with van der Waals surface area (Å²) in [5.41, 5.74) is 6.23. The van der Waals surface area contributed by atoms with Crippen LogP contribution in [-0.2, 0) is 10.0 Å². The van der Waals surface area contributed by atoms with Gasteiger partial charge in [-0.2, -0.15) is 0 Å². The second-order valence-electron chi connectivity index (χ2n) is 4.48. The highest BCUT2D eigenvalue weighted by molar-refractivity contribution is 7.89. The Labute approximate surface area is 101 Å². The lowest BCUT2D eigenvalue weighted by atomic mass is 10.2. The monoisotopic (exact) mass is 259 g/mol. The van der Waals surface area contributed by atoms with Crippen molar-refractivity contribution in [3.8, 4) is 0 Å². The van der Waals surface area contributed by atoms with Gasteiger partial charge < -0.3 is 10.3 Å². The molecule has 0 radical (unpaired) electrons. The lowest BCUT2D eigenvalue weighted by molar-refractivity contribution is 0.390. The van der Waals surface area contributed by atoms with Gasteiger partial charge in [0.25, 0.3) is 0 Å². The number of rotatable bonds is 3. The molecule has 0 spiro atoms. The number of aromatic nitrogens is 1. The molecular formula is C10H17N3O3S. The molecule has 2 rings (SSSR count). The molecule has 0 aromatic carbocycles. The van der Waals surface area contributed by atoms with E-state index >= 15 is 0 Å². The number of hydrogen-bond acceptors (Lipinski definition) is 5. The molecule has 0 aliphatic heterocycles.